The molecule has 1 N–H and O–H groups in total. The lowest BCUT2D eigenvalue weighted by Gasteiger charge is -2.03. The van der Waals surface area contributed by atoms with Crippen LogP contribution in [0.25, 0.3) is 10.9 Å². The topological polar surface area (TPSA) is 55.4 Å². The molecular formula is C14H11NO3. The second kappa shape index (κ2) is 4.07. The first kappa shape index (κ1) is 10.7. The Morgan fingerprint density at radius 1 is 1.28 bits per heavy atom. The molecule has 0 spiro atoms. The standard InChI is InChI=1S/C14H11NO3/c16-14(17)11-3-4-13-10(8-11)5-6-15(13)9-12-2-1-7-18-12/h1-8H,9H2,(H,16,17). The van der Waals surface area contributed by atoms with Gasteiger partial charge in [0.25, 0.3) is 0 Å². The molecule has 0 radical (unpaired) electrons. The number of carboxylic acid groups (broad SMARTS) is 1. The molecule has 0 fully saturated rings. The zero-order valence-corrected chi connectivity index (χ0v) is 9.54. The Kier molecular flexibility index (Phi) is 2.41. The minimum atomic E-state index is -0.907. The maximum Gasteiger partial charge on any atom is 0.335 e. The Morgan fingerprint density at radius 3 is 2.89 bits per heavy atom. The summed E-state index contributed by atoms with van der Waals surface area (Å²) in [7, 11) is 0. The van der Waals surface area contributed by atoms with Crippen molar-refractivity contribution < 1.29 is 14.3 Å². The zero-order chi connectivity index (χ0) is 12.5. The SMILES string of the molecule is O=C(O)c1ccc2c(ccn2Cc2ccco2)c1. The Bertz CT molecular complexity index is 695. The molecule has 0 atom stereocenters. The quantitative estimate of drug-likeness (QED) is 0.766. The molecule has 0 aliphatic rings. The summed E-state index contributed by atoms with van der Waals surface area (Å²) in [4.78, 5) is 10.9. The molecule has 2 aromatic heterocycles. The average molecular weight is 241 g/mol. The number of hydrogen-bond donors (Lipinski definition) is 1. The van der Waals surface area contributed by atoms with Gasteiger partial charge in [-0.15, -0.1) is 0 Å². The first-order chi connectivity index (χ1) is 8.74. The normalized spacial score (nSPS) is 10.9. The van der Waals surface area contributed by atoms with E-state index in [9.17, 15) is 4.79 Å². The highest BCUT2D eigenvalue weighted by Crippen LogP contribution is 2.19. The van der Waals surface area contributed by atoms with Gasteiger partial charge in [-0.1, -0.05) is 0 Å². The van der Waals surface area contributed by atoms with E-state index in [0.29, 0.717) is 12.1 Å². The van der Waals surface area contributed by atoms with Gasteiger partial charge >= 0.3 is 5.97 Å². The molecule has 2 heterocycles. The van der Waals surface area contributed by atoms with Crippen molar-refractivity contribution in [1.82, 2.24) is 4.57 Å². The zero-order valence-electron chi connectivity index (χ0n) is 9.54. The third-order valence-electron chi connectivity index (χ3n) is 2.92. The molecule has 0 saturated carbocycles. The summed E-state index contributed by atoms with van der Waals surface area (Å²) in [6.45, 7) is 0.642. The van der Waals surface area contributed by atoms with E-state index >= 15 is 0 Å². The van der Waals surface area contributed by atoms with Crippen molar-refractivity contribution in [3.63, 3.8) is 0 Å². The highest BCUT2D eigenvalue weighted by atomic mass is 16.4. The lowest BCUT2D eigenvalue weighted by molar-refractivity contribution is 0.0697. The molecule has 0 aliphatic heterocycles. The molecule has 0 unspecified atom stereocenters. The van der Waals surface area contributed by atoms with E-state index in [1.807, 2.05) is 35.0 Å². The molecule has 0 saturated heterocycles. The van der Waals surface area contributed by atoms with Crippen molar-refractivity contribution in [2.75, 3.05) is 0 Å². The number of aromatic nitrogens is 1. The highest BCUT2D eigenvalue weighted by Gasteiger charge is 2.07. The number of benzene rings is 1. The molecule has 0 bridgehead atoms. The van der Waals surface area contributed by atoms with Crippen LogP contribution in [-0.2, 0) is 6.54 Å². The van der Waals surface area contributed by atoms with Gasteiger partial charge in [-0.3, -0.25) is 0 Å². The van der Waals surface area contributed by atoms with Gasteiger partial charge in [0.05, 0.1) is 18.4 Å². The molecular weight excluding hydrogens is 230 g/mol. The minimum absolute atomic E-state index is 0.304. The van der Waals surface area contributed by atoms with Crippen molar-refractivity contribution in [3.8, 4) is 0 Å². The Labute approximate surface area is 103 Å². The summed E-state index contributed by atoms with van der Waals surface area (Å²) < 4.78 is 7.33. The fraction of sp³-hybridized carbons (Fsp3) is 0.0714. The third kappa shape index (κ3) is 1.78. The van der Waals surface area contributed by atoms with Crippen LogP contribution in [0, 0.1) is 0 Å². The monoisotopic (exact) mass is 241 g/mol. The van der Waals surface area contributed by atoms with Crippen LogP contribution in [0.4, 0.5) is 0 Å². The largest absolute Gasteiger partial charge is 0.478 e. The second-order valence-corrected chi connectivity index (χ2v) is 4.10. The van der Waals surface area contributed by atoms with Crippen molar-refractivity contribution in [2.24, 2.45) is 0 Å². The van der Waals surface area contributed by atoms with Crippen molar-refractivity contribution >= 4 is 16.9 Å². The van der Waals surface area contributed by atoms with E-state index in [2.05, 4.69) is 0 Å². The second-order valence-electron chi connectivity index (χ2n) is 4.10. The number of aromatic carboxylic acids is 1. The van der Waals surface area contributed by atoms with Gasteiger partial charge in [0.15, 0.2) is 0 Å². The number of nitrogens with zero attached hydrogens (tertiary/aromatic N) is 1. The van der Waals surface area contributed by atoms with Gasteiger partial charge in [-0.2, -0.15) is 0 Å². The van der Waals surface area contributed by atoms with E-state index in [0.717, 1.165) is 16.7 Å². The summed E-state index contributed by atoms with van der Waals surface area (Å²) in [5, 5.41) is 9.85. The van der Waals surface area contributed by atoms with E-state index < -0.39 is 5.97 Å². The summed E-state index contributed by atoms with van der Waals surface area (Å²) >= 11 is 0. The van der Waals surface area contributed by atoms with Crippen LogP contribution >= 0.6 is 0 Å². The smallest absolute Gasteiger partial charge is 0.335 e. The Hall–Kier alpha value is -2.49. The molecule has 4 heteroatoms. The third-order valence-corrected chi connectivity index (χ3v) is 2.92. The summed E-state index contributed by atoms with van der Waals surface area (Å²) in [5.74, 6) is -0.0366. The van der Waals surface area contributed by atoms with Crippen LogP contribution in [0.3, 0.4) is 0 Å². The number of fused-ring (bicyclic) bond motifs is 1. The van der Waals surface area contributed by atoms with Crippen LogP contribution in [-0.4, -0.2) is 15.6 Å². The van der Waals surface area contributed by atoms with E-state index in [1.165, 1.54) is 0 Å². The fourth-order valence-corrected chi connectivity index (χ4v) is 2.04. The number of furan rings is 1. The summed E-state index contributed by atoms with van der Waals surface area (Å²) in [6.07, 6.45) is 3.57. The maximum atomic E-state index is 10.9. The first-order valence-corrected chi connectivity index (χ1v) is 5.58. The molecule has 18 heavy (non-hydrogen) atoms. The van der Waals surface area contributed by atoms with E-state index in [4.69, 9.17) is 9.52 Å². The fourth-order valence-electron chi connectivity index (χ4n) is 2.04. The predicted octanol–water partition coefficient (Wildman–Crippen LogP) is 2.98. The van der Waals surface area contributed by atoms with Gasteiger partial charge < -0.3 is 14.1 Å². The van der Waals surface area contributed by atoms with Gasteiger partial charge in [0.2, 0.25) is 0 Å². The van der Waals surface area contributed by atoms with Gasteiger partial charge in [0.1, 0.15) is 5.76 Å². The summed E-state index contributed by atoms with van der Waals surface area (Å²) in [6, 6.07) is 10.8. The lowest BCUT2D eigenvalue weighted by atomic mass is 10.1. The van der Waals surface area contributed by atoms with Crippen LogP contribution in [0.5, 0.6) is 0 Å². The highest BCUT2D eigenvalue weighted by molar-refractivity contribution is 5.93. The van der Waals surface area contributed by atoms with Crippen LogP contribution in [0.2, 0.25) is 0 Å². The van der Waals surface area contributed by atoms with Crippen LogP contribution in [0.1, 0.15) is 16.1 Å². The lowest BCUT2D eigenvalue weighted by Crippen LogP contribution is -1.98. The Morgan fingerprint density at radius 2 is 2.17 bits per heavy atom. The van der Waals surface area contributed by atoms with E-state index in [1.54, 1.807) is 18.4 Å². The average Bonchev–Trinajstić information content (AvgIpc) is 2.99. The van der Waals surface area contributed by atoms with E-state index in [-0.39, 0.29) is 0 Å². The minimum Gasteiger partial charge on any atom is -0.478 e. The molecule has 4 nitrogen and oxygen atoms in total. The predicted molar refractivity (Wildman–Crippen MR) is 66.7 cm³/mol. The maximum absolute atomic E-state index is 10.9. The molecule has 3 rings (SSSR count). The molecule has 1 aromatic carbocycles. The van der Waals surface area contributed by atoms with Crippen LogP contribution < -0.4 is 0 Å². The van der Waals surface area contributed by atoms with Crippen LogP contribution in [0.15, 0.2) is 53.3 Å². The number of rotatable bonds is 3. The Balaban J connectivity index is 2.02. The molecule has 0 aliphatic carbocycles. The van der Waals surface area contributed by atoms with Gasteiger partial charge in [-0.05, 0) is 36.4 Å². The van der Waals surface area contributed by atoms with Gasteiger partial charge in [-0.25, -0.2) is 4.79 Å². The first-order valence-electron chi connectivity index (χ1n) is 5.58. The van der Waals surface area contributed by atoms with Crippen molar-refractivity contribution in [1.29, 1.82) is 0 Å². The number of carbonyl (C=O) groups is 1. The number of hydrogen-bond acceptors (Lipinski definition) is 2. The number of carboxylic acids is 1. The van der Waals surface area contributed by atoms with Gasteiger partial charge in [0, 0.05) is 17.1 Å². The molecule has 3 aromatic rings. The molecule has 0 amide bonds. The van der Waals surface area contributed by atoms with Crippen molar-refractivity contribution in [2.45, 2.75) is 6.54 Å². The van der Waals surface area contributed by atoms with Crippen molar-refractivity contribution in [3.05, 3.63) is 60.2 Å². The summed E-state index contributed by atoms with van der Waals surface area (Å²) in [5.41, 5.74) is 1.30. The molecule has 90 valence electrons.